The van der Waals surface area contributed by atoms with E-state index in [1.807, 2.05) is 0 Å². The Labute approximate surface area is 45.5 Å². The highest BCUT2D eigenvalue weighted by atomic mass is 31.1. The Morgan fingerprint density at radius 1 is 1.71 bits per heavy atom. The Kier molecular flexibility index (Phi) is 1.66. The van der Waals surface area contributed by atoms with Crippen molar-refractivity contribution in [2.75, 3.05) is 19.0 Å². The average Bonchev–Trinajstić information content (AvgIpc) is 1.87. The van der Waals surface area contributed by atoms with Gasteiger partial charge in [0.15, 0.2) is 0 Å². The van der Waals surface area contributed by atoms with E-state index in [1.54, 1.807) is 0 Å². The van der Waals surface area contributed by atoms with Gasteiger partial charge in [0.25, 0.3) is 0 Å². The zero-order valence-corrected chi connectivity index (χ0v) is 5.49. The largest absolute Gasteiger partial charge is 0.393 e. The second-order valence-electron chi connectivity index (χ2n) is 2.20. The molecule has 0 aromatic heterocycles. The van der Waals surface area contributed by atoms with Gasteiger partial charge in [0.2, 0.25) is 0 Å². The van der Waals surface area contributed by atoms with Crippen molar-refractivity contribution in [3.8, 4) is 0 Å². The Hall–Kier alpha value is 0.390. The van der Waals surface area contributed by atoms with E-state index in [1.165, 1.54) is 6.16 Å². The molecule has 0 spiro atoms. The lowest BCUT2D eigenvalue weighted by molar-refractivity contribution is 0.202. The summed E-state index contributed by atoms with van der Waals surface area (Å²) in [6, 6.07) is 0. The minimum absolute atomic E-state index is 0.0520. The van der Waals surface area contributed by atoms with Crippen molar-refractivity contribution in [3.63, 3.8) is 0 Å². The molecule has 0 amide bonds. The van der Waals surface area contributed by atoms with Crippen LogP contribution in [0.25, 0.3) is 0 Å². The summed E-state index contributed by atoms with van der Waals surface area (Å²) >= 11 is 0. The lowest BCUT2D eigenvalue weighted by Gasteiger charge is -1.96. The first-order valence-electron chi connectivity index (χ1n) is 2.65. The molecule has 7 heavy (non-hydrogen) atoms. The van der Waals surface area contributed by atoms with Crippen molar-refractivity contribution in [3.05, 3.63) is 0 Å². The Morgan fingerprint density at radius 3 is 2.57 bits per heavy atom. The van der Waals surface area contributed by atoms with E-state index >= 15 is 0 Å². The van der Waals surface area contributed by atoms with Crippen molar-refractivity contribution in [2.24, 2.45) is 0 Å². The highest BCUT2D eigenvalue weighted by Gasteiger charge is 2.17. The van der Waals surface area contributed by atoms with Crippen LogP contribution in [0, 0.1) is 0 Å². The molecule has 1 N–H and O–H groups in total. The van der Waals surface area contributed by atoms with Crippen LogP contribution < -0.4 is 0 Å². The van der Waals surface area contributed by atoms with Gasteiger partial charge in [-0.05, 0) is 25.4 Å². The van der Waals surface area contributed by atoms with Gasteiger partial charge in [0.05, 0.1) is 6.10 Å². The number of hydrogen-bond donors (Lipinski definition) is 1. The third-order valence-electron chi connectivity index (χ3n) is 1.37. The summed E-state index contributed by atoms with van der Waals surface area (Å²) in [5, 5.41) is 8.92. The molecule has 1 nitrogen and oxygen atoms in total. The average molecular weight is 118 g/mol. The van der Waals surface area contributed by atoms with Crippen molar-refractivity contribution < 1.29 is 5.11 Å². The molecular weight excluding hydrogens is 107 g/mol. The molecule has 0 radical (unpaired) electrons. The molecule has 0 unspecified atom stereocenters. The standard InChI is InChI=1S/C5H11OP/c1-7-3-2-5(6)4-7/h5-6H,2-4H2,1H3/t5-,7-/m1/s1. The van der Waals surface area contributed by atoms with Gasteiger partial charge in [-0.15, -0.1) is 7.92 Å². The fraction of sp³-hybridized carbons (Fsp3) is 1.00. The van der Waals surface area contributed by atoms with E-state index in [9.17, 15) is 0 Å². The maximum atomic E-state index is 8.92. The van der Waals surface area contributed by atoms with Crippen LogP contribution in [0.4, 0.5) is 0 Å². The van der Waals surface area contributed by atoms with Gasteiger partial charge in [-0.1, -0.05) is 0 Å². The molecular formula is C5H11OP. The maximum Gasteiger partial charge on any atom is 0.0582 e. The minimum Gasteiger partial charge on any atom is -0.393 e. The third kappa shape index (κ3) is 1.40. The van der Waals surface area contributed by atoms with Gasteiger partial charge in [0.1, 0.15) is 0 Å². The molecule has 0 saturated carbocycles. The molecule has 1 aliphatic heterocycles. The zero-order chi connectivity index (χ0) is 5.28. The highest BCUT2D eigenvalue weighted by Crippen LogP contribution is 2.38. The molecule has 1 saturated heterocycles. The lowest BCUT2D eigenvalue weighted by atomic mass is 10.3. The lowest BCUT2D eigenvalue weighted by Crippen LogP contribution is -2.01. The summed E-state index contributed by atoms with van der Waals surface area (Å²) in [5.74, 6) is 0. The number of hydrogen-bond acceptors (Lipinski definition) is 1. The second-order valence-corrected chi connectivity index (χ2v) is 4.73. The summed E-state index contributed by atoms with van der Waals surface area (Å²) in [6.45, 7) is 2.26. The second kappa shape index (κ2) is 2.11. The topological polar surface area (TPSA) is 20.2 Å². The van der Waals surface area contributed by atoms with E-state index in [2.05, 4.69) is 6.66 Å². The fourth-order valence-corrected chi connectivity index (χ4v) is 2.74. The fourth-order valence-electron chi connectivity index (χ4n) is 0.912. The molecule has 1 rings (SSSR count). The predicted molar refractivity (Wildman–Crippen MR) is 33.2 cm³/mol. The molecule has 1 aliphatic rings. The van der Waals surface area contributed by atoms with Crippen LogP contribution in [0.1, 0.15) is 6.42 Å². The molecule has 42 valence electrons. The minimum atomic E-state index is 0.0520. The third-order valence-corrected chi connectivity index (χ3v) is 3.43. The highest BCUT2D eigenvalue weighted by molar-refractivity contribution is 7.57. The van der Waals surface area contributed by atoms with Crippen LogP contribution in [-0.4, -0.2) is 30.2 Å². The Bertz CT molecular complexity index is 57.1. The van der Waals surface area contributed by atoms with E-state index < -0.39 is 0 Å². The molecule has 0 aromatic carbocycles. The van der Waals surface area contributed by atoms with Crippen molar-refractivity contribution in [1.29, 1.82) is 0 Å². The zero-order valence-electron chi connectivity index (χ0n) is 4.59. The first-order valence-corrected chi connectivity index (χ1v) is 4.81. The molecule has 2 atom stereocenters. The van der Waals surface area contributed by atoms with Gasteiger partial charge in [0, 0.05) is 0 Å². The van der Waals surface area contributed by atoms with Crippen LogP contribution in [-0.2, 0) is 0 Å². The van der Waals surface area contributed by atoms with Crippen LogP contribution in [0.5, 0.6) is 0 Å². The van der Waals surface area contributed by atoms with Crippen LogP contribution >= 0.6 is 7.92 Å². The van der Waals surface area contributed by atoms with E-state index in [0.717, 1.165) is 12.6 Å². The molecule has 2 heteroatoms. The van der Waals surface area contributed by atoms with Gasteiger partial charge in [-0.3, -0.25) is 0 Å². The normalized spacial score (nSPS) is 42.0. The molecule has 0 aliphatic carbocycles. The number of rotatable bonds is 0. The van der Waals surface area contributed by atoms with Crippen LogP contribution in [0.3, 0.4) is 0 Å². The van der Waals surface area contributed by atoms with E-state index in [-0.39, 0.29) is 14.0 Å². The summed E-state index contributed by atoms with van der Waals surface area (Å²) in [4.78, 5) is 0. The molecule has 0 aromatic rings. The van der Waals surface area contributed by atoms with Gasteiger partial charge in [-0.25, -0.2) is 0 Å². The van der Waals surface area contributed by atoms with Gasteiger partial charge in [-0.2, -0.15) is 0 Å². The van der Waals surface area contributed by atoms with Gasteiger partial charge >= 0.3 is 0 Å². The molecule has 0 bridgehead atoms. The monoisotopic (exact) mass is 118 g/mol. The predicted octanol–water partition coefficient (Wildman–Crippen LogP) is 0.863. The first-order chi connectivity index (χ1) is 3.29. The summed E-state index contributed by atoms with van der Waals surface area (Å²) < 4.78 is 0. The summed E-state index contributed by atoms with van der Waals surface area (Å²) in [7, 11) is 0.246. The van der Waals surface area contributed by atoms with E-state index in [4.69, 9.17) is 5.11 Å². The Balaban J connectivity index is 2.26. The van der Waals surface area contributed by atoms with Crippen LogP contribution in [0.15, 0.2) is 0 Å². The number of aliphatic hydroxyl groups excluding tert-OH is 1. The van der Waals surface area contributed by atoms with Crippen molar-refractivity contribution >= 4 is 7.92 Å². The summed E-state index contributed by atoms with van der Waals surface area (Å²) in [5.41, 5.74) is 0. The maximum absolute atomic E-state index is 8.92. The van der Waals surface area contributed by atoms with Crippen molar-refractivity contribution in [2.45, 2.75) is 12.5 Å². The quantitative estimate of drug-likeness (QED) is 0.468. The van der Waals surface area contributed by atoms with E-state index in [0.29, 0.717) is 0 Å². The smallest absolute Gasteiger partial charge is 0.0582 e. The Morgan fingerprint density at radius 2 is 2.43 bits per heavy atom. The number of aliphatic hydroxyl groups is 1. The van der Waals surface area contributed by atoms with Crippen molar-refractivity contribution in [1.82, 2.24) is 0 Å². The van der Waals surface area contributed by atoms with Gasteiger partial charge < -0.3 is 5.11 Å². The molecule has 1 fully saturated rings. The summed E-state index contributed by atoms with van der Waals surface area (Å²) in [6.07, 6.45) is 3.49. The SMILES string of the molecule is C[P@]1CC[C@@H](O)C1. The molecule has 1 heterocycles. The first kappa shape index (κ1) is 5.53. The van der Waals surface area contributed by atoms with Crippen LogP contribution in [0.2, 0.25) is 0 Å².